The van der Waals surface area contributed by atoms with E-state index in [9.17, 15) is 9.59 Å². The molecule has 1 saturated heterocycles. The van der Waals surface area contributed by atoms with Gasteiger partial charge in [0.15, 0.2) is 5.11 Å². The molecule has 0 bridgehead atoms. The maximum absolute atomic E-state index is 12.4. The number of hydrogen-bond donors (Lipinski definition) is 2. The Morgan fingerprint density at radius 2 is 1.78 bits per heavy atom. The second kappa shape index (κ2) is 4.61. The molecule has 4 nitrogen and oxygen atoms in total. The molecule has 18 heavy (non-hydrogen) atoms. The van der Waals surface area contributed by atoms with Gasteiger partial charge in [-0.15, -0.1) is 0 Å². The summed E-state index contributed by atoms with van der Waals surface area (Å²) in [4.78, 5) is 24.8. The van der Waals surface area contributed by atoms with Gasteiger partial charge in [0.1, 0.15) is 5.41 Å². The van der Waals surface area contributed by atoms with E-state index in [1.54, 1.807) is 0 Å². The van der Waals surface area contributed by atoms with Crippen molar-refractivity contribution in [2.24, 2.45) is 23.2 Å². The molecule has 1 aliphatic heterocycles. The topological polar surface area (TPSA) is 58.2 Å². The molecule has 1 saturated carbocycles. The van der Waals surface area contributed by atoms with Gasteiger partial charge in [-0.05, 0) is 36.4 Å². The highest BCUT2D eigenvalue weighted by molar-refractivity contribution is 7.80. The largest absolute Gasteiger partial charge is 0.302 e. The van der Waals surface area contributed by atoms with Crippen molar-refractivity contribution in [3.63, 3.8) is 0 Å². The molecule has 1 aliphatic carbocycles. The molecule has 0 radical (unpaired) electrons. The smallest absolute Gasteiger partial charge is 0.242 e. The van der Waals surface area contributed by atoms with Crippen LogP contribution in [0.5, 0.6) is 0 Å². The summed E-state index contributed by atoms with van der Waals surface area (Å²) in [7, 11) is 0. The van der Waals surface area contributed by atoms with E-state index in [1.807, 2.05) is 13.8 Å². The van der Waals surface area contributed by atoms with E-state index in [-0.39, 0.29) is 28.8 Å². The average molecular weight is 268 g/mol. The minimum atomic E-state index is -0.919. The quantitative estimate of drug-likeness (QED) is 0.591. The standard InChI is InChI=1S/C13H20N2O2S/c1-4-8-6-9(5-2)13(7(8)3)10(16)14-12(18)15-11(13)17/h7-9H,4-6H2,1-3H3,(H2,14,15,16,17,18). The highest BCUT2D eigenvalue weighted by Crippen LogP contribution is 2.54. The maximum Gasteiger partial charge on any atom is 0.242 e. The van der Waals surface area contributed by atoms with E-state index in [4.69, 9.17) is 12.2 Å². The minimum absolute atomic E-state index is 0.0653. The van der Waals surface area contributed by atoms with Crippen LogP contribution in [0.2, 0.25) is 0 Å². The molecule has 2 amide bonds. The summed E-state index contributed by atoms with van der Waals surface area (Å²) in [6, 6.07) is 0. The molecule has 5 heteroatoms. The van der Waals surface area contributed by atoms with Gasteiger partial charge in [0, 0.05) is 0 Å². The fraction of sp³-hybridized carbons (Fsp3) is 0.769. The van der Waals surface area contributed by atoms with Crippen molar-refractivity contribution >= 4 is 29.1 Å². The molecule has 2 aliphatic rings. The lowest BCUT2D eigenvalue weighted by Crippen LogP contribution is -2.65. The van der Waals surface area contributed by atoms with E-state index in [1.165, 1.54) is 0 Å². The Labute approximate surface area is 113 Å². The van der Waals surface area contributed by atoms with Crippen LogP contribution in [0.3, 0.4) is 0 Å². The van der Waals surface area contributed by atoms with E-state index >= 15 is 0 Å². The SMILES string of the molecule is CCC1CC(CC)C2(C(=O)NC(=S)NC2=O)C1C. The fourth-order valence-electron chi connectivity index (χ4n) is 3.84. The second-order valence-corrected chi connectivity index (χ2v) is 5.81. The van der Waals surface area contributed by atoms with Crippen LogP contribution in [-0.4, -0.2) is 16.9 Å². The van der Waals surface area contributed by atoms with Crippen LogP contribution < -0.4 is 10.6 Å². The van der Waals surface area contributed by atoms with Crippen LogP contribution in [-0.2, 0) is 9.59 Å². The van der Waals surface area contributed by atoms with E-state index in [0.717, 1.165) is 19.3 Å². The van der Waals surface area contributed by atoms with Crippen molar-refractivity contribution in [2.75, 3.05) is 0 Å². The van der Waals surface area contributed by atoms with Crippen molar-refractivity contribution in [3.8, 4) is 0 Å². The summed E-state index contributed by atoms with van der Waals surface area (Å²) < 4.78 is 0. The summed E-state index contributed by atoms with van der Waals surface area (Å²) in [5.74, 6) is 0.201. The zero-order valence-corrected chi connectivity index (χ0v) is 11.9. The van der Waals surface area contributed by atoms with Gasteiger partial charge in [-0.1, -0.05) is 33.6 Å². The first kappa shape index (κ1) is 13.5. The van der Waals surface area contributed by atoms with Gasteiger partial charge in [-0.3, -0.25) is 9.59 Å². The molecule has 0 aromatic heterocycles. The Kier molecular flexibility index (Phi) is 3.45. The molecule has 3 atom stereocenters. The average Bonchev–Trinajstić information content (AvgIpc) is 2.60. The van der Waals surface area contributed by atoms with E-state index in [0.29, 0.717) is 5.92 Å². The van der Waals surface area contributed by atoms with Crippen LogP contribution in [0.4, 0.5) is 0 Å². The molecule has 0 aromatic rings. The summed E-state index contributed by atoms with van der Waals surface area (Å²) in [5.41, 5.74) is -0.919. The first-order valence-corrected chi connectivity index (χ1v) is 7.06. The van der Waals surface area contributed by atoms with Crippen molar-refractivity contribution < 1.29 is 9.59 Å². The number of nitrogens with one attached hydrogen (secondary N) is 2. The first-order chi connectivity index (χ1) is 8.48. The van der Waals surface area contributed by atoms with Gasteiger partial charge in [0.05, 0.1) is 0 Å². The third kappa shape index (κ3) is 1.60. The summed E-state index contributed by atoms with van der Waals surface area (Å²) >= 11 is 4.89. The van der Waals surface area contributed by atoms with Gasteiger partial charge in [0.25, 0.3) is 0 Å². The Hall–Kier alpha value is -0.970. The molecular formula is C13H20N2O2S. The normalized spacial score (nSPS) is 34.6. The van der Waals surface area contributed by atoms with Gasteiger partial charge in [-0.25, -0.2) is 0 Å². The number of rotatable bonds is 2. The number of hydrogen-bond acceptors (Lipinski definition) is 3. The first-order valence-electron chi connectivity index (χ1n) is 6.65. The van der Waals surface area contributed by atoms with Crippen LogP contribution >= 0.6 is 12.2 Å². The Bertz CT molecular complexity index is 384. The molecule has 1 heterocycles. The highest BCUT2D eigenvalue weighted by atomic mass is 32.1. The third-order valence-corrected chi connectivity index (χ3v) is 5.08. The van der Waals surface area contributed by atoms with Crippen LogP contribution in [0.15, 0.2) is 0 Å². The van der Waals surface area contributed by atoms with Crippen LogP contribution in [0.1, 0.15) is 40.0 Å². The fourth-order valence-corrected chi connectivity index (χ4v) is 4.03. The van der Waals surface area contributed by atoms with Gasteiger partial charge >= 0.3 is 0 Å². The van der Waals surface area contributed by atoms with Crippen molar-refractivity contribution in [1.29, 1.82) is 0 Å². The molecule has 2 fully saturated rings. The molecule has 100 valence electrons. The zero-order chi connectivity index (χ0) is 13.5. The van der Waals surface area contributed by atoms with Crippen LogP contribution in [0.25, 0.3) is 0 Å². The zero-order valence-electron chi connectivity index (χ0n) is 11.1. The highest BCUT2D eigenvalue weighted by Gasteiger charge is 2.62. The lowest BCUT2D eigenvalue weighted by Gasteiger charge is -2.39. The van der Waals surface area contributed by atoms with Crippen molar-refractivity contribution in [1.82, 2.24) is 10.6 Å². The Balaban J connectivity index is 2.46. The summed E-state index contributed by atoms with van der Waals surface area (Å²) in [5, 5.41) is 5.42. The van der Waals surface area contributed by atoms with Gasteiger partial charge in [-0.2, -0.15) is 0 Å². The third-order valence-electron chi connectivity index (χ3n) is 4.88. The number of amides is 2. The maximum atomic E-state index is 12.4. The Morgan fingerprint density at radius 3 is 2.22 bits per heavy atom. The molecule has 3 unspecified atom stereocenters. The lowest BCUT2D eigenvalue weighted by atomic mass is 9.68. The van der Waals surface area contributed by atoms with Gasteiger partial charge < -0.3 is 10.6 Å². The molecule has 2 N–H and O–H groups in total. The second-order valence-electron chi connectivity index (χ2n) is 5.40. The van der Waals surface area contributed by atoms with Crippen molar-refractivity contribution in [3.05, 3.63) is 0 Å². The van der Waals surface area contributed by atoms with E-state index in [2.05, 4.69) is 17.6 Å². The number of thiocarbonyl (C=S) groups is 1. The lowest BCUT2D eigenvalue weighted by molar-refractivity contribution is -0.149. The monoisotopic (exact) mass is 268 g/mol. The number of carbonyl (C=O) groups excluding carboxylic acids is 2. The number of carbonyl (C=O) groups is 2. The molecule has 1 spiro atoms. The summed E-state index contributed by atoms with van der Waals surface area (Å²) in [6.45, 7) is 6.19. The molecule has 2 rings (SSSR count). The summed E-state index contributed by atoms with van der Waals surface area (Å²) in [6.07, 6.45) is 2.79. The Morgan fingerprint density at radius 1 is 1.22 bits per heavy atom. The molecular weight excluding hydrogens is 248 g/mol. The molecule has 0 aromatic carbocycles. The van der Waals surface area contributed by atoms with Gasteiger partial charge in [0.2, 0.25) is 11.8 Å². The van der Waals surface area contributed by atoms with E-state index < -0.39 is 5.41 Å². The van der Waals surface area contributed by atoms with Crippen molar-refractivity contribution in [2.45, 2.75) is 40.0 Å². The predicted molar refractivity (Wildman–Crippen MR) is 72.7 cm³/mol. The predicted octanol–water partition coefficient (Wildman–Crippen LogP) is 1.60. The van der Waals surface area contributed by atoms with Crippen LogP contribution in [0, 0.1) is 23.2 Å². The minimum Gasteiger partial charge on any atom is -0.302 e.